The Kier molecular flexibility index (Phi) is 5.11. The smallest absolute Gasteiger partial charge is 0.406 e. The highest BCUT2D eigenvalue weighted by Crippen LogP contribution is 2.34. The Morgan fingerprint density at radius 2 is 1.83 bits per heavy atom. The Balaban J connectivity index is 2.03. The third-order valence-corrected chi connectivity index (χ3v) is 4.06. The topological polar surface area (TPSA) is 84.6 Å². The molecule has 156 valence electrons. The number of aliphatic hydroxyl groups is 1. The molecule has 29 heavy (non-hydrogen) atoms. The summed E-state index contributed by atoms with van der Waals surface area (Å²) in [7, 11) is 0. The lowest BCUT2D eigenvalue weighted by atomic mass is 9.91. The third-order valence-electron chi connectivity index (χ3n) is 4.06. The lowest BCUT2D eigenvalue weighted by molar-refractivity contribution is -0.274. The Morgan fingerprint density at radius 3 is 2.41 bits per heavy atom. The van der Waals surface area contributed by atoms with Gasteiger partial charge in [-0.2, -0.15) is 9.50 Å². The molecular weight excluding hydrogens is 394 g/mol. The first-order chi connectivity index (χ1) is 13.3. The van der Waals surface area contributed by atoms with Gasteiger partial charge in [0.1, 0.15) is 23.2 Å². The van der Waals surface area contributed by atoms with E-state index in [0.29, 0.717) is 29.2 Å². The van der Waals surface area contributed by atoms with Crippen LogP contribution in [0.4, 0.5) is 23.4 Å². The first-order valence-corrected chi connectivity index (χ1v) is 8.58. The minimum absolute atomic E-state index is 0.0496. The van der Waals surface area contributed by atoms with Crippen LogP contribution in [0.3, 0.4) is 0 Å². The molecule has 0 aliphatic rings. The van der Waals surface area contributed by atoms with Crippen molar-refractivity contribution in [3.8, 4) is 5.75 Å². The van der Waals surface area contributed by atoms with Crippen molar-refractivity contribution in [2.45, 2.75) is 45.7 Å². The number of aryl methyl sites for hydroxylation is 2. The van der Waals surface area contributed by atoms with Crippen molar-refractivity contribution in [3.05, 3.63) is 47.2 Å². The minimum atomic E-state index is -4.94. The van der Waals surface area contributed by atoms with Crippen LogP contribution in [0.2, 0.25) is 0 Å². The largest absolute Gasteiger partial charge is 0.573 e. The van der Waals surface area contributed by atoms with Gasteiger partial charge >= 0.3 is 6.36 Å². The van der Waals surface area contributed by atoms with Gasteiger partial charge in [-0.25, -0.2) is 9.37 Å². The highest BCUT2D eigenvalue weighted by molar-refractivity contribution is 5.48. The maximum Gasteiger partial charge on any atom is 0.573 e. The van der Waals surface area contributed by atoms with Gasteiger partial charge < -0.3 is 15.2 Å². The van der Waals surface area contributed by atoms with Gasteiger partial charge in [-0.05, 0) is 33.8 Å². The number of fused-ring (bicyclic) bond motifs is 1. The summed E-state index contributed by atoms with van der Waals surface area (Å²) >= 11 is 0. The molecule has 0 radical (unpaired) electrons. The highest BCUT2D eigenvalue weighted by Gasteiger charge is 2.34. The normalized spacial score (nSPS) is 13.6. The van der Waals surface area contributed by atoms with Crippen LogP contribution < -0.4 is 10.1 Å². The van der Waals surface area contributed by atoms with Crippen molar-refractivity contribution in [1.29, 1.82) is 0 Å². The Labute approximate surface area is 163 Å². The second-order valence-electron chi connectivity index (χ2n) is 7.12. The van der Waals surface area contributed by atoms with E-state index in [0.717, 1.165) is 12.1 Å². The van der Waals surface area contributed by atoms with Crippen LogP contribution in [0.25, 0.3) is 5.78 Å². The summed E-state index contributed by atoms with van der Waals surface area (Å²) in [6, 6.07) is 3.34. The molecule has 11 heteroatoms. The molecule has 7 nitrogen and oxygen atoms in total. The summed E-state index contributed by atoms with van der Waals surface area (Å²) in [6.45, 7) is 6.31. The van der Waals surface area contributed by atoms with E-state index < -0.39 is 29.6 Å². The van der Waals surface area contributed by atoms with Crippen molar-refractivity contribution in [3.63, 3.8) is 0 Å². The van der Waals surface area contributed by atoms with Crippen LogP contribution in [0, 0.1) is 19.7 Å². The SMILES string of the molecule is Cc1cc(N[C@H](c2ccc(OC(F)(F)F)cc2F)C(C)(C)O)n2nc(C)nc2n1. The number of benzene rings is 1. The Hall–Kier alpha value is -2.95. The fourth-order valence-electron chi connectivity index (χ4n) is 2.91. The van der Waals surface area contributed by atoms with E-state index in [1.165, 1.54) is 18.4 Å². The molecule has 0 saturated heterocycles. The lowest BCUT2D eigenvalue weighted by Gasteiger charge is -2.31. The molecular formula is C18H19F4N5O2. The molecule has 0 aliphatic heterocycles. The van der Waals surface area contributed by atoms with Gasteiger partial charge in [0.25, 0.3) is 5.78 Å². The number of anilines is 1. The second-order valence-corrected chi connectivity index (χ2v) is 7.12. The second kappa shape index (κ2) is 7.14. The number of halogens is 4. The molecule has 1 atom stereocenters. The van der Waals surface area contributed by atoms with E-state index in [-0.39, 0.29) is 5.56 Å². The van der Waals surface area contributed by atoms with Crippen LogP contribution in [-0.2, 0) is 0 Å². The van der Waals surface area contributed by atoms with Crippen molar-refractivity contribution >= 4 is 11.6 Å². The van der Waals surface area contributed by atoms with Crippen molar-refractivity contribution in [2.24, 2.45) is 0 Å². The average Bonchev–Trinajstić information content (AvgIpc) is 2.90. The van der Waals surface area contributed by atoms with E-state index in [4.69, 9.17) is 0 Å². The van der Waals surface area contributed by atoms with Gasteiger partial charge in [0, 0.05) is 23.4 Å². The van der Waals surface area contributed by atoms with E-state index in [2.05, 4.69) is 25.1 Å². The summed E-state index contributed by atoms with van der Waals surface area (Å²) in [4.78, 5) is 8.43. The summed E-state index contributed by atoms with van der Waals surface area (Å²) in [5, 5.41) is 17.8. The predicted octanol–water partition coefficient (Wildman–Crippen LogP) is 3.70. The van der Waals surface area contributed by atoms with Crippen molar-refractivity contribution in [1.82, 2.24) is 19.6 Å². The predicted molar refractivity (Wildman–Crippen MR) is 96.0 cm³/mol. The number of nitrogens with zero attached hydrogens (tertiary/aromatic N) is 4. The van der Waals surface area contributed by atoms with E-state index in [1.54, 1.807) is 19.9 Å². The minimum Gasteiger partial charge on any atom is -0.406 e. The first kappa shape index (κ1) is 20.8. The molecule has 0 fully saturated rings. The van der Waals surface area contributed by atoms with Crippen molar-refractivity contribution < 1.29 is 27.4 Å². The molecule has 0 unspecified atom stereocenters. The van der Waals surface area contributed by atoms with Gasteiger partial charge in [-0.3, -0.25) is 0 Å². The average molecular weight is 413 g/mol. The van der Waals surface area contributed by atoms with Crippen LogP contribution in [-0.4, -0.2) is 36.7 Å². The summed E-state index contributed by atoms with van der Waals surface area (Å²) in [5.74, 6) is -0.500. The van der Waals surface area contributed by atoms with E-state index >= 15 is 0 Å². The number of aromatic nitrogens is 4. The molecule has 0 amide bonds. The van der Waals surface area contributed by atoms with Gasteiger partial charge in [-0.1, -0.05) is 6.07 Å². The molecule has 3 aromatic rings. The number of hydrogen-bond acceptors (Lipinski definition) is 6. The Bertz CT molecular complexity index is 1040. The zero-order chi connectivity index (χ0) is 21.6. The zero-order valence-electron chi connectivity index (χ0n) is 16.0. The zero-order valence-corrected chi connectivity index (χ0v) is 16.0. The molecule has 3 rings (SSSR count). The lowest BCUT2D eigenvalue weighted by Crippen LogP contribution is -2.35. The molecule has 1 aromatic carbocycles. The van der Waals surface area contributed by atoms with E-state index in [9.17, 15) is 22.7 Å². The molecule has 0 spiro atoms. The van der Waals surface area contributed by atoms with Gasteiger partial charge in [0.15, 0.2) is 0 Å². The quantitative estimate of drug-likeness (QED) is 0.621. The van der Waals surface area contributed by atoms with Crippen LogP contribution in [0.5, 0.6) is 5.75 Å². The van der Waals surface area contributed by atoms with Gasteiger partial charge in [0.05, 0.1) is 11.6 Å². The summed E-state index contributed by atoms with van der Waals surface area (Å²) in [6.07, 6.45) is -4.94. The molecule has 0 saturated carbocycles. The fourth-order valence-corrected chi connectivity index (χ4v) is 2.91. The number of hydrogen-bond donors (Lipinski definition) is 2. The number of nitrogens with one attached hydrogen (secondary N) is 1. The fraction of sp³-hybridized carbons (Fsp3) is 0.389. The maximum atomic E-state index is 14.7. The van der Waals surface area contributed by atoms with E-state index in [1.807, 2.05) is 0 Å². The van der Waals surface area contributed by atoms with Crippen LogP contribution in [0.1, 0.15) is 37.0 Å². The van der Waals surface area contributed by atoms with Gasteiger partial charge in [0.2, 0.25) is 0 Å². The number of alkyl halides is 3. The highest BCUT2D eigenvalue weighted by atomic mass is 19.4. The molecule has 2 heterocycles. The third kappa shape index (κ3) is 4.73. The standard InChI is InChI=1S/C18H19F4N5O2/c1-9-7-14(27-16(23-9)24-10(2)26-27)25-15(17(3,4)28)12-6-5-11(8-13(12)19)29-18(20,21)22/h5-8,15,25,28H,1-4H3/t15-/m1/s1. The number of ether oxygens (including phenoxy) is 1. The summed E-state index contributed by atoms with van der Waals surface area (Å²) in [5.41, 5.74) is -0.936. The molecule has 0 aliphatic carbocycles. The molecule has 0 bridgehead atoms. The first-order valence-electron chi connectivity index (χ1n) is 8.58. The maximum absolute atomic E-state index is 14.7. The van der Waals surface area contributed by atoms with Crippen LogP contribution in [0.15, 0.2) is 24.3 Å². The van der Waals surface area contributed by atoms with Crippen molar-refractivity contribution in [2.75, 3.05) is 5.32 Å². The monoisotopic (exact) mass is 413 g/mol. The number of rotatable bonds is 5. The van der Waals surface area contributed by atoms with Crippen LogP contribution >= 0.6 is 0 Å². The summed E-state index contributed by atoms with van der Waals surface area (Å²) < 4.78 is 56.9. The molecule has 2 aromatic heterocycles. The molecule has 2 N–H and O–H groups in total. The Morgan fingerprint density at radius 1 is 1.14 bits per heavy atom. The van der Waals surface area contributed by atoms with Gasteiger partial charge in [-0.15, -0.1) is 18.3 Å².